The van der Waals surface area contributed by atoms with Crippen LogP contribution >= 0.6 is 0 Å². The molecule has 0 atom stereocenters. The minimum atomic E-state index is -0.644. The Morgan fingerprint density at radius 2 is 1.91 bits per heavy atom. The monoisotopic (exact) mass is 428 g/mol. The number of nitrogens with one attached hydrogen (secondary N) is 1. The normalized spacial score (nSPS) is 11.1. The van der Waals surface area contributed by atoms with Crippen LogP contribution in [-0.2, 0) is 7.05 Å². The van der Waals surface area contributed by atoms with Crippen LogP contribution in [-0.4, -0.2) is 40.3 Å². The number of pyridine rings is 1. The first-order chi connectivity index (χ1) is 15.5. The highest BCUT2D eigenvalue weighted by Gasteiger charge is 2.21. The number of benzene rings is 1. The zero-order chi connectivity index (χ0) is 22.2. The smallest absolute Gasteiger partial charge is 0.274 e. The third-order valence-corrected chi connectivity index (χ3v) is 4.91. The number of amides is 1. The first kappa shape index (κ1) is 19.5. The van der Waals surface area contributed by atoms with Gasteiger partial charge in [-0.3, -0.25) is 19.4 Å². The minimum absolute atomic E-state index is 0.0170. The lowest BCUT2D eigenvalue weighted by atomic mass is 10.1. The second kappa shape index (κ2) is 7.65. The standard InChI is InChI=1S/C22H17FN8O/c1-13-9-25-18(11-24-13)15-10-26-30(2)20(15)22(32)27-17-8-19-28-21(14-6-4-3-5-7-14)29-31(19)12-16(17)23/h3-12H,1-2H3,(H,27,32). The van der Waals surface area contributed by atoms with Gasteiger partial charge in [-0.25, -0.2) is 13.9 Å². The van der Waals surface area contributed by atoms with Gasteiger partial charge in [0.25, 0.3) is 5.91 Å². The summed E-state index contributed by atoms with van der Waals surface area (Å²) in [5.74, 6) is -0.719. The average Bonchev–Trinajstić information content (AvgIpc) is 3.38. The predicted molar refractivity (Wildman–Crippen MR) is 115 cm³/mol. The molecule has 0 spiro atoms. The van der Waals surface area contributed by atoms with Crippen LogP contribution in [0.2, 0.25) is 0 Å². The van der Waals surface area contributed by atoms with Crippen molar-refractivity contribution in [2.45, 2.75) is 6.92 Å². The van der Waals surface area contributed by atoms with Gasteiger partial charge in [-0.15, -0.1) is 5.10 Å². The second-order valence-corrected chi connectivity index (χ2v) is 7.17. The molecule has 0 saturated heterocycles. The molecular formula is C22H17FN8O. The molecule has 0 radical (unpaired) electrons. The maximum absolute atomic E-state index is 14.8. The molecule has 158 valence electrons. The van der Waals surface area contributed by atoms with Crippen molar-refractivity contribution < 1.29 is 9.18 Å². The summed E-state index contributed by atoms with van der Waals surface area (Å²) in [5, 5.41) is 11.1. The van der Waals surface area contributed by atoms with Gasteiger partial charge in [-0.1, -0.05) is 30.3 Å². The topological polar surface area (TPSA) is 103 Å². The van der Waals surface area contributed by atoms with E-state index in [1.165, 1.54) is 27.7 Å². The van der Waals surface area contributed by atoms with Crippen molar-refractivity contribution in [2.24, 2.45) is 7.05 Å². The largest absolute Gasteiger partial charge is 0.318 e. The molecule has 0 fully saturated rings. The van der Waals surface area contributed by atoms with Crippen molar-refractivity contribution in [3.8, 4) is 22.6 Å². The van der Waals surface area contributed by atoms with Crippen LogP contribution in [0.3, 0.4) is 0 Å². The Hall–Kier alpha value is -4.47. The highest BCUT2D eigenvalue weighted by atomic mass is 19.1. The van der Waals surface area contributed by atoms with Gasteiger partial charge < -0.3 is 5.32 Å². The van der Waals surface area contributed by atoms with Crippen molar-refractivity contribution in [3.05, 3.63) is 78.4 Å². The van der Waals surface area contributed by atoms with Crippen LogP contribution in [0.5, 0.6) is 0 Å². The molecule has 0 unspecified atom stereocenters. The van der Waals surface area contributed by atoms with E-state index >= 15 is 0 Å². The number of fused-ring (bicyclic) bond motifs is 1. The summed E-state index contributed by atoms with van der Waals surface area (Å²) < 4.78 is 17.5. The Labute approximate surface area is 181 Å². The molecule has 1 N–H and O–H groups in total. The molecule has 5 rings (SSSR count). The number of anilines is 1. The van der Waals surface area contributed by atoms with Crippen molar-refractivity contribution in [2.75, 3.05) is 5.32 Å². The molecule has 0 aliphatic rings. The lowest BCUT2D eigenvalue weighted by Crippen LogP contribution is -2.18. The van der Waals surface area contributed by atoms with Gasteiger partial charge in [0.1, 0.15) is 5.69 Å². The van der Waals surface area contributed by atoms with E-state index in [1.807, 2.05) is 37.3 Å². The zero-order valence-corrected chi connectivity index (χ0v) is 17.2. The van der Waals surface area contributed by atoms with Gasteiger partial charge in [-0.2, -0.15) is 5.10 Å². The number of aryl methyl sites for hydroxylation is 2. The van der Waals surface area contributed by atoms with E-state index < -0.39 is 11.7 Å². The zero-order valence-electron chi connectivity index (χ0n) is 17.2. The number of nitrogens with zero attached hydrogens (tertiary/aromatic N) is 7. The summed E-state index contributed by atoms with van der Waals surface area (Å²) >= 11 is 0. The quantitative estimate of drug-likeness (QED) is 0.471. The molecule has 4 aromatic heterocycles. The van der Waals surface area contributed by atoms with E-state index in [-0.39, 0.29) is 11.4 Å². The Bertz CT molecular complexity index is 1440. The SMILES string of the molecule is Cc1cnc(-c2cnn(C)c2C(=O)Nc2cc3nc(-c4ccccc4)nn3cc2F)cn1. The Morgan fingerprint density at radius 3 is 2.66 bits per heavy atom. The molecule has 1 amide bonds. The number of halogens is 1. The molecule has 4 heterocycles. The number of hydrogen-bond acceptors (Lipinski definition) is 6. The van der Waals surface area contributed by atoms with E-state index in [4.69, 9.17) is 0 Å². The molecule has 32 heavy (non-hydrogen) atoms. The van der Waals surface area contributed by atoms with E-state index in [2.05, 4.69) is 30.5 Å². The molecule has 0 bridgehead atoms. The summed E-state index contributed by atoms with van der Waals surface area (Å²) in [6.45, 7) is 1.82. The fourth-order valence-corrected chi connectivity index (χ4v) is 3.32. The molecule has 0 aliphatic heterocycles. The lowest BCUT2D eigenvalue weighted by molar-refractivity contribution is 0.101. The molecule has 0 saturated carbocycles. The van der Waals surface area contributed by atoms with Crippen LogP contribution in [0.1, 0.15) is 16.2 Å². The summed E-state index contributed by atoms with van der Waals surface area (Å²) in [5.41, 5.74) is 3.16. The molecule has 0 aliphatic carbocycles. The number of hydrogen-bond donors (Lipinski definition) is 1. The van der Waals surface area contributed by atoms with Crippen LogP contribution in [0.25, 0.3) is 28.3 Å². The first-order valence-electron chi connectivity index (χ1n) is 9.73. The minimum Gasteiger partial charge on any atom is -0.318 e. The van der Waals surface area contributed by atoms with E-state index in [9.17, 15) is 9.18 Å². The Balaban J connectivity index is 1.48. The summed E-state index contributed by atoms with van der Waals surface area (Å²) in [7, 11) is 1.63. The van der Waals surface area contributed by atoms with E-state index in [0.717, 1.165) is 11.3 Å². The first-order valence-corrected chi connectivity index (χ1v) is 9.73. The van der Waals surface area contributed by atoms with E-state index in [0.29, 0.717) is 22.7 Å². The summed E-state index contributed by atoms with van der Waals surface area (Å²) in [6, 6.07) is 10.8. The highest BCUT2D eigenvalue weighted by Crippen LogP contribution is 2.24. The van der Waals surface area contributed by atoms with Crippen LogP contribution in [0.15, 0.2) is 61.2 Å². The van der Waals surface area contributed by atoms with Crippen LogP contribution < -0.4 is 5.32 Å². The van der Waals surface area contributed by atoms with Crippen LogP contribution in [0, 0.1) is 12.7 Å². The molecule has 5 aromatic rings. The van der Waals surface area contributed by atoms with Gasteiger partial charge >= 0.3 is 0 Å². The lowest BCUT2D eigenvalue weighted by Gasteiger charge is -2.09. The van der Waals surface area contributed by atoms with Gasteiger partial charge in [-0.05, 0) is 6.92 Å². The second-order valence-electron chi connectivity index (χ2n) is 7.17. The van der Waals surface area contributed by atoms with E-state index in [1.54, 1.807) is 19.4 Å². The highest BCUT2D eigenvalue weighted by molar-refractivity contribution is 6.07. The third kappa shape index (κ3) is 3.47. The summed E-state index contributed by atoms with van der Waals surface area (Å²) in [4.78, 5) is 26.0. The fourth-order valence-electron chi connectivity index (χ4n) is 3.32. The van der Waals surface area contributed by atoms with Crippen molar-refractivity contribution in [1.29, 1.82) is 0 Å². The predicted octanol–water partition coefficient (Wildman–Crippen LogP) is 3.29. The number of carbonyl (C=O) groups is 1. The molecule has 10 heteroatoms. The Morgan fingerprint density at radius 1 is 1.09 bits per heavy atom. The molecular weight excluding hydrogens is 411 g/mol. The van der Waals surface area contributed by atoms with Gasteiger partial charge in [0.2, 0.25) is 0 Å². The van der Waals surface area contributed by atoms with Gasteiger partial charge in [0, 0.05) is 24.9 Å². The number of aromatic nitrogens is 7. The number of carbonyl (C=O) groups excluding carboxylic acids is 1. The maximum atomic E-state index is 14.8. The fraction of sp³-hybridized carbons (Fsp3) is 0.0909. The third-order valence-electron chi connectivity index (χ3n) is 4.91. The summed E-state index contributed by atoms with van der Waals surface area (Å²) in [6.07, 6.45) is 5.88. The molecule has 9 nitrogen and oxygen atoms in total. The average molecular weight is 428 g/mol. The van der Waals surface area contributed by atoms with Crippen molar-refractivity contribution >= 4 is 17.2 Å². The van der Waals surface area contributed by atoms with Crippen molar-refractivity contribution in [1.82, 2.24) is 34.3 Å². The molecule has 1 aromatic carbocycles. The van der Waals surface area contributed by atoms with Gasteiger partial charge in [0.15, 0.2) is 17.3 Å². The van der Waals surface area contributed by atoms with Crippen molar-refractivity contribution in [3.63, 3.8) is 0 Å². The van der Waals surface area contributed by atoms with Gasteiger partial charge in [0.05, 0.1) is 41.2 Å². The number of rotatable bonds is 4. The van der Waals surface area contributed by atoms with Crippen LogP contribution in [0.4, 0.5) is 10.1 Å². The maximum Gasteiger partial charge on any atom is 0.274 e. The Kier molecular flexibility index (Phi) is 4.66.